The standard InChI is InChI=1S/C11H25NS/c1-5-7-11(2,10-12-3)8-6-9-13-4/h12H,5-10H2,1-4H3. The maximum absolute atomic E-state index is 3.31. The summed E-state index contributed by atoms with van der Waals surface area (Å²) in [6.07, 6.45) is 7.57. The molecule has 0 aromatic heterocycles. The lowest BCUT2D eigenvalue weighted by molar-refractivity contribution is 0.260. The summed E-state index contributed by atoms with van der Waals surface area (Å²) >= 11 is 1.96. The van der Waals surface area contributed by atoms with Crippen LogP contribution in [0.5, 0.6) is 0 Å². The van der Waals surface area contributed by atoms with Crippen LogP contribution in [0.1, 0.15) is 39.5 Å². The number of thioether (sulfide) groups is 1. The molecular weight excluding hydrogens is 178 g/mol. The van der Waals surface area contributed by atoms with Crippen LogP contribution in [-0.2, 0) is 0 Å². The van der Waals surface area contributed by atoms with Crippen molar-refractivity contribution < 1.29 is 0 Å². The van der Waals surface area contributed by atoms with Gasteiger partial charge in [-0.05, 0) is 43.7 Å². The molecule has 2 heteroatoms. The molecule has 1 nitrogen and oxygen atoms in total. The van der Waals surface area contributed by atoms with Gasteiger partial charge in [-0.1, -0.05) is 20.3 Å². The van der Waals surface area contributed by atoms with Crippen LogP contribution < -0.4 is 5.32 Å². The minimum absolute atomic E-state index is 0.527. The van der Waals surface area contributed by atoms with E-state index in [0.717, 1.165) is 6.54 Å². The largest absolute Gasteiger partial charge is 0.319 e. The van der Waals surface area contributed by atoms with Crippen LogP contribution in [0.4, 0.5) is 0 Å². The van der Waals surface area contributed by atoms with E-state index in [1.165, 1.54) is 31.4 Å². The van der Waals surface area contributed by atoms with Gasteiger partial charge in [-0.2, -0.15) is 11.8 Å². The van der Waals surface area contributed by atoms with Gasteiger partial charge in [0.05, 0.1) is 0 Å². The van der Waals surface area contributed by atoms with Crippen molar-refractivity contribution in [1.29, 1.82) is 0 Å². The van der Waals surface area contributed by atoms with Crippen molar-refractivity contribution in [2.45, 2.75) is 39.5 Å². The molecule has 0 spiro atoms. The van der Waals surface area contributed by atoms with Crippen LogP contribution in [0.2, 0.25) is 0 Å². The van der Waals surface area contributed by atoms with Crippen LogP contribution in [-0.4, -0.2) is 25.6 Å². The van der Waals surface area contributed by atoms with E-state index in [-0.39, 0.29) is 0 Å². The van der Waals surface area contributed by atoms with Crippen LogP contribution in [0, 0.1) is 5.41 Å². The molecule has 1 N–H and O–H groups in total. The normalized spacial score (nSPS) is 15.7. The van der Waals surface area contributed by atoms with Gasteiger partial charge in [0.2, 0.25) is 0 Å². The van der Waals surface area contributed by atoms with E-state index < -0.39 is 0 Å². The van der Waals surface area contributed by atoms with Crippen LogP contribution >= 0.6 is 11.8 Å². The molecule has 80 valence electrons. The van der Waals surface area contributed by atoms with Gasteiger partial charge in [-0.3, -0.25) is 0 Å². The van der Waals surface area contributed by atoms with Crippen molar-refractivity contribution in [3.05, 3.63) is 0 Å². The van der Waals surface area contributed by atoms with E-state index in [9.17, 15) is 0 Å². The fraction of sp³-hybridized carbons (Fsp3) is 1.00. The quantitative estimate of drug-likeness (QED) is 0.608. The van der Waals surface area contributed by atoms with Gasteiger partial charge in [0.15, 0.2) is 0 Å². The molecule has 0 aromatic rings. The molecule has 0 radical (unpaired) electrons. The lowest BCUT2D eigenvalue weighted by Crippen LogP contribution is -2.29. The van der Waals surface area contributed by atoms with Crippen molar-refractivity contribution >= 4 is 11.8 Å². The van der Waals surface area contributed by atoms with Gasteiger partial charge in [-0.15, -0.1) is 0 Å². The maximum Gasteiger partial charge on any atom is 0.000216 e. The average molecular weight is 203 g/mol. The molecular formula is C11H25NS. The molecule has 0 aromatic carbocycles. The minimum atomic E-state index is 0.527. The Hall–Kier alpha value is 0.310. The first-order chi connectivity index (χ1) is 6.18. The number of rotatable bonds is 8. The number of nitrogens with one attached hydrogen (secondary N) is 1. The van der Waals surface area contributed by atoms with Crippen LogP contribution in [0.25, 0.3) is 0 Å². The van der Waals surface area contributed by atoms with Crippen LogP contribution in [0.15, 0.2) is 0 Å². The summed E-state index contributed by atoms with van der Waals surface area (Å²) in [5.74, 6) is 1.31. The Labute approximate surface area is 88.1 Å². The molecule has 0 bridgehead atoms. The molecule has 0 saturated carbocycles. The first kappa shape index (κ1) is 13.3. The highest BCUT2D eigenvalue weighted by Crippen LogP contribution is 2.28. The predicted octanol–water partition coefficient (Wildman–Crippen LogP) is 3.16. The Bertz CT molecular complexity index is 109. The predicted molar refractivity (Wildman–Crippen MR) is 64.6 cm³/mol. The SMILES string of the molecule is CCCC(C)(CCCSC)CNC. The first-order valence-electron chi connectivity index (χ1n) is 5.32. The molecule has 0 rings (SSSR count). The summed E-state index contributed by atoms with van der Waals surface area (Å²) in [5.41, 5.74) is 0.527. The van der Waals surface area contributed by atoms with E-state index in [0.29, 0.717) is 5.41 Å². The summed E-state index contributed by atoms with van der Waals surface area (Å²) < 4.78 is 0. The fourth-order valence-electron chi connectivity index (χ4n) is 1.98. The average Bonchev–Trinajstić information content (AvgIpc) is 2.05. The van der Waals surface area contributed by atoms with Crippen LogP contribution in [0.3, 0.4) is 0 Å². The van der Waals surface area contributed by atoms with Gasteiger partial charge < -0.3 is 5.32 Å². The van der Waals surface area contributed by atoms with Crippen molar-refractivity contribution in [2.24, 2.45) is 5.41 Å². The third-order valence-electron chi connectivity index (χ3n) is 2.59. The lowest BCUT2D eigenvalue weighted by atomic mass is 9.81. The molecule has 0 aliphatic carbocycles. The summed E-state index contributed by atoms with van der Waals surface area (Å²) in [4.78, 5) is 0. The van der Waals surface area contributed by atoms with E-state index >= 15 is 0 Å². The molecule has 1 atom stereocenters. The second kappa shape index (κ2) is 7.69. The second-order valence-corrected chi connectivity index (χ2v) is 5.17. The van der Waals surface area contributed by atoms with Gasteiger partial charge >= 0.3 is 0 Å². The monoisotopic (exact) mass is 203 g/mol. The molecule has 0 amide bonds. The van der Waals surface area contributed by atoms with Crippen molar-refractivity contribution in [3.63, 3.8) is 0 Å². The van der Waals surface area contributed by atoms with Gasteiger partial charge in [0.1, 0.15) is 0 Å². The Morgan fingerprint density at radius 2 is 2.00 bits per heavy atom. The maximum atomic E-state index is 3.31. The zero-order chi connectivity index (χ0) is 10.2. The lowest BCUT2D eigenvalue weighted by Gasteiger charge is -2.29. The Morgan fingerprint density at radius 3 is 2.46 bits per heavy atom. The van der Waals surface area contributed by atoms with Gasteiger partial charge in [0.25, 0.3) is 0 Å². The molecule has 0 saturated heterocycles. The van der Waals surface area contributed by atoms with Crippen molar-refractivity contribution in [1.82, 2.24) is 5.32 Å². The number of hydrogen-bond acceptors (Lipinski definition) is 2. The summed E-state index contributed by atoms with van der Waals surface area (Å²) in [7, 11) is 2.06. The molecule has 0 aliphatic rings. The summed E-state index contributed by atoms with van der Waals surface area (Å²) in [6, 6.07) is 0. The molecule has 13 heavy (non-hydrogen) atoms. The second-order valence-electron chi connectivity index (χ2n) is 4.19. The zero-order valence-corrected chi connectivity index (χ0v) is 10.5. The van der Waals surface area contributed by atoms with Crippen molar-refractivity contribution in [2.75, 3.05) is 25.6 Å². The summed E-state index contributed by atoms with van der Waals surface area (Å²) in [6.45, 7) is 5.85. The Balaban J connectivity index is 3.76. The highest BCUT2D eigenvalue weighted by molar-refractivity contribution is 7.98. The molecule has 0 heterocycles. The highest BCUT2D eigenvalue weighted by atomic mass is 32.2. The summed E-state index contributed by atoms with van der Waals surface area (Å²) in [5, 5.41) is 3.31. The third kappa shape index (κ3) is 6.39. The molecule has 1 unspecified atom stereocenters. The Morgan fingerprint density at radius 1 is 1.31 bits per heavy atom. The van der Waals surface area contributed by atoms with Gasteiger partial charge in [0, 0.05) is 6.54 Å². The van der Waals surface area contributed by atoms with Crippen molar-refractivity contribution in [3.8, 4) is 0 Å². The zero-order valence-electron chi connectivity index (χ0n) is 9.65. The fourth-order valence-corrected chi connectivity index (χ4v) is 2.41. The molecule has 0 aliphatic heterocycles. The third-order valence-corrected chi connectivity index (χ3v) is 3.28. The first-order valence-corrected chi connectivity index (χ1v) is 6.71. The van der Waals surface area contributed by atoms with E-state index in [2.05, 4.69) is 32.5 Å². The van der Waals surface area contributed by atoms with E-state index in [4.69, 9.17) is 0 Å². The number of hydrogen-bond donors (Lipinski definition) is 1. The smallest absolute Gasteiger partial charge is 0.000216 e. The van der Waals surface area contributed by atoms with E-state index in [1.54, 1.807) is 0 Å². The molecule has 0 fully saturated rings. The Kier molecular flexibility index (Phi) is 7.87. The minimum Gasteiger partial charge on any atom is -0.319 e. The van der Waals surface area contributed by atoms with E-state index in [1.807, 2.05) is 11.8 Å². The van der Waals surface area contributed by atoms with Gasteiger partial charge in [-0.25, -0.2) is 0 Å². The topological polar surface area (TPSA) is 12.0 Å². The highest BCUT2D eigenvalue weighted by Gasteiger charge is 2.21.